The summed E-state index contributed by atoms with van der Waals surface area (Å²) in [5, 5.41) is 3.41. The van der Waals surface area contributed by atoms with E-state index in [1.165, 1.54) is 13.0 Å². The fourth-order valence-corrected chi connectivity index (χ4v) is 2.28. The van der Waals surface area contributed by atoms with E-state index in [0.717, 1.165) is 37.7 Å². The topological polar surface area (TPSA) is 44.0 Å². The van der Waals surface area contributed by atoms with E-state index in [2.05, 4.69) is 47.9 Å². The summed E-state index contributed by atoms with van der Waals surface area (Å²) in [6.45, 7) is 13.1. The summed E-state index contributed by atoms with van der Waals surface area (Å²) < 4.78 is 0.651. The molecule has 0 fully saturated rings. The van der Waals surface area contributed by atoms with Crippen molar-refractivity contribution in [1.29, 1.82) is 0 Å². The molecular formula is C15H28N4S. The van der Waals surface area contributed by atoms with Gasteiger partial charge in [-0.3, -0.25) is 0 Å². The molecule has 0 radical (unpaired) electrons. The first-order valence-corrected chi connectivity index (χ1v) is 8.05. The summed E-state index contributed by atoms with van der Waals surface area (Å²) >= 11 is 5.20. The van der Waals surface area contributed by atoms with E-state index in [-0.39, 0.29) is 0 Å². The summed E-state index contributed by atoms with van der Waals surface area (Å²) in [5.74, 6) is 2.29. The fraction of sp³-hybridized carbons (Fsp3) is 0.733. The van der Waals surface area contributed by atoms with Gasteiger partial charge in [-0.15, -0.1) is 0 Å². The lowest BCUT2D eigenvalue weighted by molar-refractivity contribution is 0.298. The van der Waals surface area contributed by atoms with Crippen molar-refractivity contribution in [3.8, 4) is 0 Å². The molecule has 0 aliphatic rings. The summed E-state index contributed by atoms with van der Waals surface area (Å²) in [7, 11) is 0. The molecule has 0 saturated heterocycles. The minimum atomic E-state index is 0.362. The third-order valence-corrected chi connectivity index (χ3v) is 3.63. The minimum Gasteiger partial charge on any atom is -0.372 e. The van der Waals surface area contributed by atoms with Gasteiger partial charge in [-0.05, 0) is 32.5 Å². The molecule has 0 atom stereocenters. The van der Waals surface area contributed by atoms with Crippen molar-refractivity contribution >= 4 is 18.0 Å². The maximum Gasteiger partial charge on any atom is 0.131 e. The average Bonchev–Trinajstić information content (AvgIpc) is 2.42. The van der Waals surface area contributed by atoms with E-state index in [4.69, 9.17) is 12.2 Å². The van der Waals surface area contributed by atoms with Crippen LogP contribution in [-0.4, -0.2) is 41.0 Å². The molecule has 2 N–H and O–H groups in total. The molecule has 5 heteroatoms. The number of aromatic amines is 1. The lowest BCUT2D eigenvalue weighted by Crippen LogP contribution is -2.24. The summed E-state index contributed by atoms with van der Waals surface area (Å²) in [5.41, 5.74) is 0. The Labute approximate surface area is 128 Å². The Bertz CT molecular complexity index is 438. The van der Waals surface area contributed by atoms with Crippen LogP contribution < -0.4 is 5.32 Å². The van der Waals surface area contributed by atoms with Gasteiger partial charge in [-0.2, -0.15) is 0 Å². The molecule has 1 heterocycles. The lowest BCUT2D eigenvalue weighted by Gasteiger charge is -2.17. The van der Waals surface area contributed by atoms with Crippen LogP contribution in [0.2, 0.25) is 0 Å². The number of hydrogen-bond donors (Lipinski definition) is 2. The zero-order valence-electron chi connectivity index (χ0n) is 13.2. The van der Waals surface area contributed by atoms with Crippen LogP contribution in [0.5, 0.6) is 0 Å². The van der Waals surface area contributed by atoms with Crippen molar-refractivity contribution in [2.75, 3.05) is 31.5 Å². The second kappa shape index (κ2) is 9.08. The smallest absolute Gasteiger partial charge is 0.131 e. The number of hydrogen-bond acceptors (Lipinski definition) is 4. The van der Waals surface area contributed by atoms with Crippen molar-refractivity contribution in [3.63, 3.8) is 0 Å². The number of H-pyrrole nitrogens is 1. The van der Waals surface area contributed by atoms with Gasteiger partial charge in [0.25, 0.3) is 0 Å². The van der Waals surface area contributed by atoms with Crippen molar-refractivity contribution in [2.45, 2.75) is 46.5 Å². The molecule has 0 spiro atoms. The third-order valence-electron chi connectivity index (χ3n) is 3.42. The second-order valence-corrected chi connectivity index (χ2v) is 5.75. The van der Waals surface area contributed by atoms with Crippen LogP contribution >= 0.6 is 12.2 Å². The largest absolute Gasteiger partial charge is 0.372 e. The summed E-state index contributed by atoms with van der Waals surface area (Å²) in [4.78, 5) is 10.1. The fourth-order valence-electron chi connectivity index (χ4n) is 2.07. The number of nitrogens with one attached hydrogen (secondary N) is 2. The van der Waals surface area contributed by atoms with Gasteiger partial charge in [0.2, 0.25) is 0 Å². The molecule has 114 valence electrons. The standard InChI is InChI=1S/C15H28N4S/c1-5-19(6-2)10-8-7-9-16-13-11-14(20)18-15(17-13)12(3)4/h11-12H,5-10H2,1-4H3,(H2,16,17,18,20). The van der Waals surface area contributed by atoms with Gasteiger partial charge in [-0.1, -0.05) is 39.9 Å². The number of unbranched alkanes of at least 4 members (excludes halogenated alkanes) is 1. The monoisotopic (exact) mass is 296 g/mol. The Hall–Kier alpha value is -0.940. The Balaban J connectivity index is 2.37. The van der Waals surface area contributed by atoms with Gasteiger partial charge in [0.1, 0.15) is 16.3 Å². The normalized spacial score (nSPS) is 11.3. The first-order valence-electron chi connectivity index (χ1n) is 7.64. The lowest BCUT2D eigenvalue weighted by atomic mass is 10.2. The van der Waals surface area contributed by atoms with E-state index in [9.17, 15) is 0 Å². The molecule has 0 unspecified atom stereocenters. The van der Waals surface area contributed by atoms with Crippen LogP contribution in [-0.2, 0) is 0 Å². The summed E-state index contributed by atoms with van der Waals surface area (Å²) in [6, 6.07) is 1.89. The van der Waals surface area contributed by atoms with Crippen molar-refractivity contribution in [3.05, 3.63) is 16.5 Å². The average molecular weight is 296 g/mol. The molecule has 4 nitrogen and oxygen atoms in total. The molecule has 1 rings (SSSR count). The van der Waals surface area contributed by atoms with E-state index in [0.29, 0.717) is 10.6 Å². The molecule has 0 aromatic carbocycles. The number of nitrogens with zero attached hydrogens (tertiary/aromatic N) is 2. The molecule has 0 aliphatic carbocycles. The van der Waals surface area contributed by atoms with Gasteiger partial charge >= 0.3 is 0 Å². The molecule has 0 aliphatic heterocycles. The molecule has 1 aromatic rings. The Morgan fingerprint density at radius 3 is 2.60 bits per heavy atom. The maximum absolute atomic E-state index is 5.20. The van der Waals surface area contributed by atoms with E-state index >= 15 is 0 Å². The highest BCUT2D eigenvalue weighted by Crippen LogP contribution is 2.12. The van der Waals surface area contributed by atoms with Crippen LogP contribution in [0.1, 0.15) is 52.3 Å². The summed E-state index contributed by atoms with van der Waals surface area (Å²) in [6.07, 6.45) is 2.38. The van der Waals surface area contributed by atoms with Gasteiger partial charge in [0.05, 0.1) is 0 Å². The molecule has 0 amide bonds. The van der Waals surface area contributed by atoms with Crippen molar-refractivity contribution in [1.82, 2.24) is 14.9 Å². The van der Waals surface area contributed by atoms with Crippen LogP contribution in [0.25, 0.3) is 0 Å². The first kappa shape index (κ1) is 17.1. The molecule has 1 aromatic heterocycles. The van der Waals surface area contributed by atoms with E-state index in [1.54, 1.807) is 0 Å². The molecular weight excluding hydrogens is 268 g/mol. The molecule has 0 saturated carbocycles. The first-order chi connectivity index (χ1) is 9.56. The highest BCUT2D eigenvalue weighted by atomic mass is 32.1. The molecule has 0 bridgehead atoms. The van der Waals surface area contributed by atoms with Crippen LogP contribution in [0.15, 0.2) is 6.07 Å². The second-order valence-electron chi connectivity index (χ2n) is 5.33. The Kier molecular flexibility index (Phi) is 7.77. The molecule has 20 heavy (non-hydrogen) atoms. The zero-order chi connectivity index (χ0) is 15.0. The predicted octanol–water partition coefficient (Wildman–Crippen LogP) is 3.80. The van der Waals surface area contributed by atoms with Gasteiger partial charge in [0, 0.05) is 18.5 Å². The number of rotatable bonds is 9. The minimum absolute atomic E-state index is 0.362. The van der Waals surface area contributed by atoms with E-state index in [1.807, 2.05) is 6.07 Å². The highest BCUT2D eigenvalue weighted by Gasteiger charge is 2.03. The van der Waals surface area contributed by atoms with Crippen LogP contribution in [0.3, 0.4) is 0 Å². The number of aromatic nitrogens is 2. The SMILES string of the molecule is CCN(CC)CCCCNc1cc(=S)nc(C(C)C)[nH]1. The number of anilines is 1. The van der Waals surface area contributed by atoms with Crippen molar-refractivity contribution < 1.29 is 0 Å². The third kappa shape index (κ3) is 6.01. The quantitative estimate of drug-likeness (QED) is 0.537. The van der Waals surface area contributed by atoms with Gasteiger partial charge < -0.3 is 15.2 Å². The van der Waals surface area contributed by atoms with Gasteiger partial charge in [0.15, 0.2) is 0 Å². The Morgan fingerprint density at radius 2 is 2.00 bits per heavy atom. The Morgan fingerprint density at radius 1 is 1.30 bits per heavy atom. The highest BCUT2D eigenvalue weighted by molar-refractivity contribution is 7.71. The van der Waals surface area contributed by atoms with E-state index < -0.39 is 0 Å². The van der Waals surface area contributed by atoms with Crippen LogP contribution in [0, 0.1) is 4.64 Å². The van der Waals surface area contributed by atoms with Gasteiger partial charge in [-0.25, -0.2) is 4.98 Å². The maximum atomic E-state index is 5.20. The van der Waals surface area contributed by atoms with Crippen LogP contribution in [0.4, 0.5) is 5.82 Å². The van der Waals surface area contributed by atoms with Crippen molar-refractivity contribution in [2.24, 2.45) is 0 Å². The zero-order valence-corrected chi connectivity index (χ0v) is 14.0. The predicted molar refractivity (Wildman–Crippen MR) is 89.0 cm³/mol.